The molecule has 1 fully saturated rings. The van der Waals surface area contributed by atoms with Gasteiger partial charge in [0.1, 0.15) is 0 Å². The lowest BCUT2D eigenvalue weighted by molar-refractivity contribution is 0.443. The molecule has 0 unspecified atom stereocenters. The molecule has 1 heteroatoms. The second kappa shape index (κ2) is 6.78. The van der Waals surface area contributed by atoms with E-state index in [-0.39, 0.29) is 0 Å². The molecule has 1 N–H and O–H groups in total. The highest BCUT2D eigenvalue weighted by atomic mass is 14.9. The Kier molecular flexibility index (Phi) is 4.36. The van der Waals surface area contributed by atoms with Gasteiger partial charge in [-0.25, -0.2) is 0 Å². The SMILES string of the molecule is C[C@H](C[C@H]1CNC[C@@H]1c1ccccc1)c1cccc2ccccc12. The predicted molar refractivity (Wildman–Crippen MR) is 103 cm³/mol. The van der Waals surface area contributed by atoms with Crippen molar-refractivity contribution in [1.82, 2.24) is 5.32 Å². The molecule has 1 saturated heterocycles. The van der Waals surface area contributed by atoms with Crippen molar-refractivity contribution in [2.45, 2.75) is 25.2 Å². The van der Waals surface area contributed by atoms with E-state index < -0.39 is 0 Å². The third-order valence-electron chi connectivity index (χ3n) is 5.58. The minimum absolute atomic E-state index is 0.576. The third kappa shape index (κ3) is 2.97. The van der Waals surface area contributed by atoms with E-state index >= 15 is 0 Å². The van der Waals surface area contributed by atoms with Gasteiger partial charge in [-0.15, -0.1) is 0 Å². The zero-order chi connectivity index (χ0) is 16.4. The zero-order valence-electron chi connectivity index (χ0n) is 14.3. The molecular formula is C23H25N. The highest BCUT2D eigenvalue weighted by molar-refractivity contribution is 5.86. The van der Waals surface area contributed by atoms with Gasteiger partial charge in [-0.2, -0.15) is 0 Å². The van der Waals surface area contributed by atoms with Gasteiger partial charge in [-0.1, -0.05) is 79.7 Å². The van der Waals surface area contributed by atoms with Crippen molar-refractivity contribution in [2.24, 2.45) is 5.92 Å². The summed E-state index contributed by atoms with van der Waals surface area (Å²) in [4.78, 5) is 0. The van der Waals surface area contributed by atoms with Gasteiger partial charge in [0, 0.05) is 12.5 Å². The van der Waals surface area contributed by atoms with Crippen molar-refractivity contribution in [2.75, 3.05) is 13.1 Å². The summed E-state index contributed by atoms with van der Waals surface area (Å²) in [6.07, 6.45) is 1.24. The first-order valence-electron chi connectivity index (χ1n) is 9.06. The van der Waals surface area contributed by atoms with Crippen LogP contribution in [0, 0.1) is 5.92 Å². The third-order valence-corrected chi connectivity index (χ3v) is 5.58. The van der Waals surface area contributed by atoms with Crippen LogP contribution < -0.4 is 5.32 Å². The maximum Gasteiger partial charge on any atom is 0.00234 e. The van der Waals surface area contributed by atoms with Gasteiger partial charge < -0.3 is 5.32 Å². The van der Waals surface area contributed by atoms with E-state index in [9.17, 15) is 0 Å². The lowest BCUT2D eigenvalue weighted by Gasteiger charge is -2.23. The van der Waals surface area contributed by atoms with Crippen LogP contribution >= 0.6 is 0 Å². The molecule has 24 heavy (non-hydrogen) atoms. The Hall–Kier alpha value is -2.12. The number of nitrogens with one attached hydrogen (secondary N) is 1. The van der Waals surface area contributed by atoms with Crippen molar-refractivity contribution in [1.29, 1.82) is 0 Å². The molecule has 0 bridgehead atoms. The Labute approximate surface area is 144 Å². The van der Waals surface area contributed by atoms with Gasteiger partial charge >= 0.3 is 0 Å². The number of hydrogen-bond acceptors (Lipinski definition) is 1. The molecule has 0 aliphatic carbocycles. The maximum absolute atomic E-state index is 3.61. The first-order chi connectivity index (χ1) is 11.8. The minimum Gasteiger partial charge on any atom is -0.316 e. The lowest BCUT2D eigenvalue weighted by Crippen LogP contribution is -2.14. The van der Waals surface area contributed by atoms with Gasteiger partial charge in [0.2, 0.25) is 0 Å². The van der Waals surface area contributed by atoms with Crippen molar-refractivity contribution < 1.29 is 0 Å². The van der Waals surface area contributed by atoms with Crippen LogP contribution in [0.25, 0.3) is 10.8 Å². The van der Waals surface area contributed by atoms with Crippen LogP contribution in [0.4, 0.5) is 0 Å². The summed E-state index contributed by atoms with van der Waals surface area (Å²) >= 11 is 0. The van der Waals surface area contributed by atoms with Crippen LogP contribution in [0.3, 0.4) is 0 Å². The quantitative estimate of drug-likeness (QED) is 0.685. The Morgan fingerprint density at radius 2 is 1.62 bits per heavy atom. The molecule has 0 amide bonds. The summed E-state index contributed by atoms with van der Waals surface area (Å²) in [5.41, 5.74) is 2.98. The van der Waals surface area contributed by atoms with Gasteiger partial charge in [0.15, 0.2) is 0 Å². The molecular weight excluding hydrogens is 290 g/mol. The maximum atomic E-state index is 3.61. The first-order valence-corrected chi connectivity index (χ1v) is 9.06. The average Bonchev–Trinajstić information content (AvgIpc) is 3.10. The van der Waals surface area contributed by atoms with Crippen LogP contribution in [0.1, 0.15) is 36.3 Å². The molecule has 4 rings (SSSR count). The predicted octanol–water partition coefficient (Wildman–Crippen LogP) is 5.34. The van der Waals surface area contributed by atoms with E-state index in [2.05, 4.69) is 85.0 Å². The largest absolute Gasteiger partial charge is 0.316 e. The topological polar surface area (TPSA) is 12.0 Å². The standard InChI is InChI=1S/C23H25N/c1-17(21-13-7-11-18-10-5-6-12-22(18)21)14-20-15-24-16-23(20)19-8-3-2-4-9-19/h2-13,17,20,23-24H,14-16H2,1H3/t17-,20+,23-/m1/s1. The second-order valence-electron chi connectivity index (χ2n) is 7.14. The Morgan fingerprint density at radius 1 is 0.875 bits per heavy atom. The molecule has 1 aliphatic rings. The second-order valence-corrected chi connectivity index (χ2v) is 7.14. The van der Waals surface area contributed by atoms with E-state index in [4.69, 9.17) is 0 Å². The fourth-order valence-corrected chi connectivity index (χ4v) is 4.33. The molecule has 0 saturated carbocycles. The summed E-state index contributed by atoms with van der Waals surface area (Å²) in [7, 11) is 0. The highest BCUT2D eigenvalue weighted by Crippen LogP contribution is 2.37. The van der Waals surface area contributed by atoms with E-state index in [1.165, 1.54) is 28.3 Å². The molecule has 122 valence electrons. The highest BCUT2D eigenvalue weighted by Gasteiger charge is 2.29. The van der Waals surface area contributed by atoms with Gasteiger partial charge in [0.25, 0.3) is 0 Å². The molecule has 3 atom stereocenters. The molecule has 0 radical (unpaired) electrons. The van der Waals surface area contributed by atoms with Gasteiger partial charge in [-0.05, 0) is 46.7 Å². The van der Waals surface area contributed by atoms with Crippen LogP contribution in [0.15, 0.2) is 72.8 Å². The zero-order valence-corrected chi connectivity index (χ0v) is 14.3. The molecule has 3 aromatic rings. The number of rotatable bonds is 4. The van der Waals surface area contributed by atoms with E-state index in [1.54, 1.807) is 0 Å². The fraction of sp³-hybridized carbons (Fsp3) is 0.304. The van der Waals surface area contributed by atoms with E-state index in [1.807, 2.05) is 0 Å². The van der Waals surface area contributed by atoms with E-state index in [0.717, 1.165) is 13.1 Å². The monoisotopic (exact) mass is 315 g/mol. The van der Waals surface area contributed by atoms with E-state index in [0.29, 0.717) is 17.8 Å². The van der Waals surface area contributed by atoms with Crippen molar-refractivity contribution in [3.8, 4) is 0 Å². The normalized spacial score (nSPS) is 21.9. The van der Waals surface area contributed by atoms with Crippen LogP contribution in [0.2, 0.25) is 0 Å². The summed E-state index contributed by atoms with van der Waals surface area (Å²) < 4.78 is 0. The van der Waals surface area contributed by atoms with Crippen molar-refractivity contribution >= 4 is 10.8 Å². The Bertz CT molecular complexity index is 803. The summed E-state index contributed by atoms with van der Waals surface area (Å²) in [6, 6.07) is 26.5. The van der Waals surface area contributed by atoms with Crippen molar-refractivity contribution in [3.05, 3.63) is 83.9 Å². The molecule has 3 aromatic carbocycles. The average molecular weight is 315 g/mol. The Balaban J connectivity index is 1.58. The Morgan fingerprint density at radius 3 is 2.50 bits per heavy atom. The summed E-state index contributed by atoms with van der Waals surface area (Å²) in [5, 5.41) is 6.38. The van der Waals surface area contributed by atoms with Gasteiger partial charge in [-0.3, -0.25) is 0 Å². The summed E-state index contributed by atoms with van der Waals surface area (Å²) in [6.45, 7) is 4.63. The lowest BCUT2D eigenvalue weighted by atomic mass is 9.80. The van der Waals surface area contributed by atoms with Gasteiger partial charge in [0.05, 0.1) is 0 Å². The van der Waals surface area contributed by atoms with Crippen LogP contribution in [-0.2, 0) is 0 Å². The number of hydrogen-bond donors (Lipinski definition) is 1. The molecule has 1 nitrogen and oxygen atoms in total. The first kappa shape index (κ1) is 15.4. The van der Waals surface area contributed by atoms with Crippen LogP contribution in [0.5, 0.6) is 0 Å². The minimum atomic E-state index is 0.576. The van der Waals surface area contributed by atoms with Crippen molar-refractivity contribution in [3.63, 3.8) is 0 Å². The molecule has 0 spiro atoms. The number of fused-ring (bicyclic) bond motifs is 1. The summed E-state index contributed by atoms with van der Waals surface area (Å²) in [5.74, 6) is 1.93. The molecule has 1 aliphatic heterocycles. The molecule has 0 aromatic heterocycles. The number of benzene rings is 3. The van der Waals surface area contributed by atoms with Crippen LogP contribution in [-0.4, -0.2) is 13.1 Å². The molecule has 1 heterocycles. The fourth-order valence-electron chi connectivity index (χ4n) is 4.33. The smallest absolute Gasteiger partial charge is 0.00234 e.